The predicted molar refractivity (Wildman–Crippen MR) is 119 cm³/mol. The van der Waals surface area contributed by atoms with Gasteiger partial charge in [0.15, 0.2) is 23.2 Å². The fourth-order valence-corrected chi connectivity index (χ4v) is 4.25. The number of hydrogen-bond acceptors (Lipinski definition) is 2. The maximum atomic E-state index is 14.8. The van der Waals surface area contributed by atoms with Crippen LogP contribution in [0.4, 0.5) is 35.1 Å². The van der Waals surface area contributed by atoms with Crippen molar-refractivity contribution in [3.63, 3.8) is 0 Å². The molecule has 0 amide bonds. The highest BCUT2D eigenvalue weighted by atomic mass is 19.3. The van der Waals surface area contributed by atoms with Crippen LogP contribution in [-0.2, 0) is 6.11 Å². The quantitative estimate of drug-likeness (QED) is 0.284. The molecule has 0 heterocycles. The van der Waals surface area contributed by atoms with E-state index in [0.717, 1.165) is 42.5 Å². The van der Waals surface area contributed by atoms with Gasteiger partial charge < -0.3 is 9.47 Å². The van der Waals surface area contributed by atoms with Crippen molar-refractivity contribution < 1.29 is 44.6 Å². The van der Waals surface area contributed by atoms with E-state index in [-0.39, 0.29) is 24.0 Å². The van der Waals surface area contributed by atoms with E-state index in [0.29, 0.717) is 30.9 Å². The van der Waals surface area contributed by atoms with Crippen LogP contribution in [0.5, 0.6) is 11.5 Å². The third-order valence-electron chi connectivity index (χ3n) is 6.45. The van der Waals surface area contributed by atoms with Crippen molar-refractivity contribution in [2.45, 2.75) is 44.8 Å². The molecule has 10 heteroatoms. The molecular weight excluding hydrogens is 508 g/mol. The second-order valence-corrected chi connectivity index (χ2v) is 9.13. The van der Waals surface area contributed by atoms with Crippen LogP contribution in [0.3, 0.4) is 0 Å². The van der Waals surface area contributed by atoms with E-state index in [9.17, 15) is 35.1 Å². The number of benzene rings is 3. The molecule has 198 valence electrons. The van der Waals surface area contributed by atoms with E-state index in [1.54, 1.807) is 0 Å². The largest absolute Gasteiger partial charge is 0.429 e. The molecule has 0 aliphatic heterocycles. The zero-order chi connectivity index (χ0) is 27.0. The molecule has 37 heavy (non-hydrogen) atoms. The summed E-state index contributed by atoms with van der Waals surface area (Å²) >= 11 is 0. The van der Waals surface area contributed by atoms with Gasteiger partial charge in [-0.2, -0.15) is 22.0 Å². The average Bonchev–Trinajstić information content (AvgIpc) is 2.85. The molecular formula is C27H22F8O2. The second kappa shape index (κ2) is 10.2. The first-order valence-corrected chi connectivity index (χ1v) is 11.5. The van der Waals surface area contributed by atoms with E-state index in [2.05, 4.69) is 9.47 Å². The zero-order valence-corrected chi connectivity index (χ0v) is 19.5. The van der Waals surface area contributed by atoms with Gasteiger partial charge in [0.25, 0.3) is 0 Å². The predicted octanol–water partition coefficient (Wildman–Crippen LogP) is 8.84. The van der Waals surface area contributed by atoms with E-state index in [1.165, 1.54) is 0 Å². The van der Waals surface area contributed by atoms with Crippen LogP contribution < -0.4 is 9.47 Å². The van der Waals surface area contributed by atoms with E-state index >= 15 is 0 Å². The molecule has 1 aliphatic carbocycles. The monoisotopic (exact) mass is 530 g/mol. The van der Waals surface area contributed by atoms with Gasteiger partial charge in [-0.25, -0.2) is 13.2 Å². The first-order valence-electron chi connectivity index (χ1n) is 11.5. The summed E-state index contributed by atoms with van der Waals surface area (Å²) in [6, 6.07) is 7.62. The summed E-state index contributed by atoms with van der Waals surface area (Å²) in [6.45, 7) is 1.95. The summed E-state index contributed by atoms with van der Waals surface area (Å²) in [5.41, 5.74) is -1.09. The number of rotatable bonds is 7. The molecule has 4 rings (SSSR count). The summed E-state index contributed by atoms with van der Waals surface area (Å²) in [5, 5.41) is 0. The lowest BCUT2D eigenvalue weighted by Gasteiger charge is -2.32. The van der Waals surface area contributed by atoms with Crippen molar-refractivity contribution in [1.82, 2.24) is 0 Å². The minimum atomic E-state index is -3.97. The summed E-state index contributed by atoms with van der Waals surface area (Å²) in [5.74, 6) is -8.11. The highest BCUT2D eigenvalue weighted by Gasteiger charge is 2.44. The standard InChI is InChI=1S/C27H22F8O2/c1-15-2-6-17(7-3-15)27(34,35)37-23-13-11-20(24(30)25(23)31)16-4-8-18(9-5-16)26(32,33)36-19-10-12-21(28)22(29)14-19/h4-5,8-15,17H,2-3,6-7H2,1H3. The molecule has 0 bridgehead atoms. The highest BCUT2D eigenvalue weighted by Crippen LogP contribution is 2.41. The molecule has 1 aliphatic rings. The third kappa shape index (κ3) is 5.83. The van der Waals surface area contributed by atoms with Gasteiger partial charge in [0.1, 0.15) is 5.75 Å². The van der Waals surface area contributed by atoms with E-state index in [4.69, 9.17) is 0 Å². The van der Waals surface area contributed by atoms with Crippen LogP contribution in [0, 0.1) is 35.1 Å². The Labute approximate surface area is 207 Å². The van der Waals surface area contributed by atoms with Gasteiger partial charge in [0.2, 0.25) is 5.82 Å². The molecule has 2 nitrogen and oxygen atoms in total. The maximum absolute atomic E-state index is 14.8. The smallest absolute Gasteiger partial charge is 0.426 e. The molecule has 0 radical (unpaired) electrons. The summed E-state index contributed by atoms with van der Waals surface area (Å²) in [6.07, 6.45) is -6.08. The number of alkyl halides is 4. The topological polar surface area (TPSA) is 18.5 Å². The Hall–Kier alpha value is -3.30. The van der Waals surface area contributed by atoms with Gasteiger partial charge in [-0.1, -0.05) is 31.9 Å². The summed E-state index contributed by atoms with van der Waals surface area (Å²) in [7, 11) is 0. The minimum absolute atomic E-state index is 0.0247. The van der Waals surface area contributed by atoms with Crippen molar-refractivity contribution >= 4 is 0 Å². The Balaban J connectivity index is 1.51. The SMILES string of the molecule is CC1CCC(C(F)(F)Oc2ccc(-c3ccc(C(F)(F)Oc4ccc(F)c(F)c4)cc3)c(F)c2F)CC1. The fraction of sp³-hybridized carbons (Fsp3) is 0.333. The van der Waals surface area contributed by atoms with Crippen molar-refractivity contribution in [3.8, 4) is 22.6 Å². The Morgan fingerprint density at radius 1 is 0.703 bits per heavy atom. The van der Waals surface area contributed by atoms with Crippen molar-refractivity contribution in [1.29, 1.82) is 0 Å². The number of ether oxygens (including phenoxy) is 2. The molecule has 0 N–H and O–H groups in total. The Morgan fingerprint density at radius 2 is 1.35 bits per heavy atom. The van der Waals surface area contributed by atoms with Crippen molar-refractivity contribution in [3.05, 3.63) is 83.4 Å². The summed E-state index contributed by atoms with van der Waals surface area (Å²) in [4.78, 5) is 0. The van der Waals surface area contributed by atoms with Crippen LogP contribution in [0.1, 0.15) is 38.2 Å². The van der Waals surface area contributed by atoms with Gasteiger partial charge in [-0.15, -0.1) is 0 Å². The van der Waals surface area contributed by atoms with Gasteiger partial charge in [0, 0.05) is 11.6 Å². The molecule has 0 atom stereocenters. The van der Waals surface area contributed by atoms with Crippen LogP contribution in [0.15, 0.2) is 54.6 Å². The lowest BCUT2D eigenvalue weighted by molar-refractivity contribution is -0.224. The van der Waals surface area contributed by atoms with E-state index < -0.39 is 58.5 Å². The maximum Gasteiger partial charge on any atom is 0.426 e. The second-order valence-electron chi connectivity index (χ2n) is 9.13. The zero-order valence-electron chi connectivity index (χ0n) is 19.5. The Kier molecular flexibility index (Phi) is 7.39. The molecule has 1 saturated carbocycles. The average molecular weight is 530 g/mol. The van der Waals surface area contributed by atoms with E-state index in [1.807, 2.05) is 6.92 Å². The first kappa shape index (κ1) is 26.8. The molecule has 3 aromatic rings. The lowest BCUT2D eigenvalue weighted by Crippen LogP contribution is -2.37. The Bertz CT molecular complexity index is 1250. The molecule has 0 saturated heterocycles. The fourth-order valence-electron chi connectivity index (χ4n) is 4.25. The molecule has 3 aromatic carbocycles. The third-order valence-corrected chi connectivity index (χ3v) is 6.45. The lowest BCUT2D eigenvalue weighted by atomic mass is 9.82. The van der Waals surface area contributed by atoms with Crippen molar-refractivity contribution in [2.24, 2.45) is 11.8 Å². The Morgan fingerprint density at radius 3 is 1.97 bits per heavy atom. The first-order chi connectivity index (χ1) is 17.4. The molecule has 0 spiro atoms. The number of hydrogen-bond donors (Lipinski definition) is 0. The van der Waals surface area contributed by atoms with Crippen LogP contribution >= 0.6 is 0 Å². The van der Waals surface area contributed by atoms with Crippen LogP contribution in [0.2, 0.25) is 0 Å². The van der Waals surface area contributed by atoms with Gasteiger partial charge in [-0.3, -0.25) is 0 Å². The highest BCUT2D eigenvalue weighted by molar-refractivity contribution is 5.65. The van der Waals surface area contributed by atoms with Gasteiger partial charge >= 0.3 is 12.2 Å². The van der Waals surface area contributed by atoms with Crippen LogP contribution in [0.25, 0.3) is 11.1 Å². The van der Waals surface area contributed by atoms with Gasteiger partial charge in [0.05, 0.1) is 11.5 Å². The normalized spacial score (nSPS) is 18.5. The van der Waals surface area contributed by atoms with Crippen LogP contribution in [-0.4, -0.2) is 6.11 Å². The van der Waals surface area contributed by atoms with Crippen molar-refractivity contribution in [2.75, 3.05) is 0 Å². The molecule has 1 fully saturated rings. The number of halogens is 8. The minimum Gasteiger partial charge on any atom is -0.429 e. The molecule has 0 unspecified atom stereocenters. The summed E-state index contributed by atoms with van der Waals surface area (Å²) < 4.78 is 123. The molecule has 0 aromatic heterocycles. The van der Waals surface area contributed by atoms with Gasteiger partial charge in [-0.05, 0) is 60.7 Å².